The molecule has 4 atom stereocenters. The third-order valence-corrected chi connectivity index (χ3v) is 7.53. The molecule has 0 bridgehead atoms. The van der Waals surface area contributed by atoms with Gasteiger partial charge in [0.05, 0.1) is 21.3 Å². The number of amides is 1. The summed E-state index contributed by atoms with van der Waals surface area (Å²) >= 11 is 12.3. The molecule has 1 amide bonds. The molecule has 2 fully saturated rings. The van der Waals surface area contributed by atoms with E-state index in [1.807, 2.05) is 9.80 Å². The van der Waals surface area contributed by atoms with Gasteiger partial charge in [-0.15, -0.1) is 0 Å². The van der Waals surface area contributed by atoms with E-state index in [0.29, 0.717) is 56.6 Å². The van der Waals surface area contributed by atoms with Crippen molar-refractivity contribution in [3.63, 3.8) is 0 Å². The Bertz CT molecular complexity index is 1340. The molecule has 0 unspecified atom stereocenters. The van der Waals surface area contributed by atoms with E-state index in [4.69, 9.17) is 51.1 Å². The lowest BCUT2D eigenvalue weighted by atomic mass is 10.0. The number of phenolic OH excluding ortho intramolecular Hbond substituents is 1. The van der Waals surface area contributed by atoms with Gasteiger partial charge in [-0.05, 0) is 37.1 Å². The minimum atomic E-state index is -0.556. The minimum Gasteiger partial charge on any atom is -0.506 e. The van der Waals surface area contributed by atoms with Crippen LogP contribution < -0.4 is 43.4 Å². The van der Waals surface area contributed by atoms with Gasteiger partial charge in [0.15, 0.2) is 0 Å². The number of hydrogen-bond acceptors (Lipinski definition) is 12. The van der Waals surface area contributed by atoms with Crippen molar-refractivity contribution >= 4 is 58.3 Å². The van der Waals surface area contributed by atoms with E-state index in [1.54, 1.807) is 24.3 Å². The number of rotatable bonds is 6. The number of aromatic nitrogens is 3. The Morgan fingerprint density at radius 3 is 1.83 bits per heavy atom. The maximum atomic E-state index is 12.8. The number of carbonyl (C=O) groups is 1. The maximum absolute atomic E-state index is 12.8. The van der Waals surface area contributed by atoms with Gasteiger partial charge in [-0.1, -0.05) is 29.3 Å². The molecule has 2 aliphatic rings. The molecule has 5 rings (SSSR count). The van der Waals surface area contributed by atoms with Gasteiger partial charge >= 0.3 is 0 Å². The number of aromatic hydroxyl groups is 1. The number of carbonyl (C=O) groups excluding carboxylic acids is 1. The Balaban J connectivity index is 1.40. The molecule has 2 aliphatic heterocycles. The van der Waals surface area contributed by atoms with E-state index in [2.05, 4.69) is 20.6 Å². The SMILES string of the molecule is N[C@@H]1C[C@H](N)CN(c2nc(Nc3ccc(NC(=O)c4c(Cl)cccc4Cl)c(O)c3)nc(N3C[C@H](N)C[C@H](N)C3)n2)C1. The zero-order chi connectivity index (χ0) is 29.3. The van der Waals surface area contributed by atoms with Crippen molar-refractivity contribution < 1.29 is 9.90 Å². The van der Waals surface area contributed by atoms with E-state index in [-0.39, 0.29) is 57.2 Å². The third kappa shape index (κ3) is 6.89. The van der Waals surface area contributed by atoms with Crippen LogP contribution in [0.1, 0.15) is 23.2 Å². The Kier molecular flexibility index (Phi) is 8.63. The topological polar surface area (TPSA) is 211 Å². The first-order chi connectivity index (χ1) is 19.5. The summed E-state index contributed by atoms with van der Waals surface area (Å²) in [5.41, 5.74) is 25.7. The molecule has 3 aromatic rings. The summed E-state index contributed by atoms with van der Waals surface area (Å²) in [4.78, 5) is 30.6. The second-order valence-electron chi connectivity index (χ2n) is 10.5. The van der Waals surface area contributed by atoms with Crippen molar-refractivity contribution in [3.8, 4) is 5.75 Å². The zero-order valence-corrected chi connectivity index (χ0v) is 23.7. The maximum Gasteiger partial charge on any atom is 0.258 e. The van der Waals surface area contributed by atoms with E-state index in [1.165, 1.54) is 12.1 Å². The van der Waals surface area contributed by atoms with Gasteiger partial charge in [-0.3, -0.25) is 4.79 Å². The molecule has 15 heteroatoms. The highest BCUT2D eigenvalue weighted by atomic mass is 35.5. The summed E-state index contributed by atoms with van der Waals surface area (Å²) in [6, 6.07) is 8.92. The summed E-state index contributed by atoms with van der Waals surface area (Å²) in [5, 5.41) is 16.8. The highest BCUT2D eigenvalue weighted by Gasteiger charge is 2.29. The number of nitrogens with one attached hydrogen (secondary N) is 2. The fourth-order valence-corrected chi connectivity index (χ4v) is 5.69. The fourth-order valence-electron chi connectivity index (χ4n) is 5.12. The van der Waals surface area contributed by atoms with Crippen molar-refractivity contribution in [3.05, 3.63) is 52.0 Å². The average Bonchev–Trinajstić information content (AvgIpc) is 2.89. The van der Waals surface area contributed by atoms with Crippen LogP contribution in [0.2, 0.25) is 10.0 Å². The molecule has 13 nitrogen and oxygen atoms in total. The van der Waals surface area contributed by atoms with Crippen molar-refractivity contribution in [1.82, 2.24) is 15.0 Å². The van der Waals surface area contributed by atoms with Gasteiger partial charge in [0.25, 0.3) is 5.91 Å². The Labute approximate surface area is 247 Å². The number of benzene rings is 2. The van der Waals surface area contributed by atoms with E-state index < -0.39 is 5.91 Å². The van der Waals surface area contributed by atoms with Crippen LogP contribution >= 0.6 is 23.2 Å². The van der Waals surface area contributed by atoms with Crippen LogP contribution in [0.25, 0.3) is 0 Å². The van der Waals surface area contributed by atoms with Gasteiger partial charge in [0.2, 0.25) is 17.8 Å². The number of hydrogen-bond donors (Lipinski definition) is 7. The molecule has 0 spiro atoms. The van der Waals surface area contributed by atoms with Crippen LogP contribution in [-0.2, 0) is 0 Å². The number of nitrogens with zero attached hydrogens (tertiary/aromatic N) is 5. The lowest BCUT2D eigenvalue weighted by Gasteiger charge is -2.37. The molecule has 218 valence electrons. The van der Waals surface area contributed by atoms with Crippen molar-refractivity contribution in [2.45, 2.75) is 37.0 Å². The zero-order valence-electron chi connectivity index (χ0n) is 22.2. The normalized spacial score (nSPS) is 22.9. The standard InChI is InChI=1S/C26H33Cl2N11O2/c27-18-2-1-3-19(28)22(18)23(41)34-20-5-4-17(8-21(20)40)33-24-35-25(38-9-13(29)6-14(30)10-38)37-26(36-24)39-11-15(31)7-16(32)12-39/h1-5,8,13-16,40H,6-7,9-12,29-32H2,(H,34,41)(H,33,35,36,37)/t13-,14+,15-,16+. The predicted molar refractivity (Wildman–Crippen MR) is 161 cm³/mol. The van der Waals surface area contributed by atoms with Crippen LogP contribution in [0, 0.1) is 0 Å². The second-order valence-corrected chi connectivity index (χ2v) is 11.3. The lowest BCUT2D eigenvalue weighted by Crippen LogP contribution is -2.54. The van der Waals surface area contributed by atoms with E-state index in [0.717, 1.165) is 0 Å². The largest absolute Gasteiger partial charge is 0.506 e. The van der Waals surface area contributed by atoms with Crippen molar-refractivity contribution in [2.75, 3.05) is 46.6 Å². The van der Waals surface area contributed by atoms with Gasteiger partial charge in [0.1, 0.15) is 5.75 Å². The first kappa shape index (κ1) is 29.0. The number of piperidine rings is 2. The summed E-state index contributed by atoms with van der Waals surface area (Å²) in [6.45, 7) is 2.17. The Morgan fingerprint density at radius 1 is 0.829 bits per heavy atom. The fraction of sp³-hybridized carbons (Fsp3) is 0.385. The van der Waals surface area contributed by atoms with Crippen LogP contribution in [0.5, 0.6) is 5.75 Å². The molecule has 0 aliphatic carbocycles. The van der Waals surface area contributed by atoms with E-state index in [9.17, 15) is 9.90 Å². The smallest absolute Gasteiger partial charge is 0.258 e. The quantitative estimate of drug-likeness (QED) is 0.201. The van der Waals surface area contributed by atoms with Gasteiger partial charge in [-0.25, -0.2) is 0 Å². The van der Waals surface area contributed by atoms with Crippen molar-refractivity contribution in [2.24, 2.45) is 22.9 Å². The number of anilines is 5. The highest BCUT2D eigenvalue weighted by Crippen LogP contribution is 2.31. The molecule has 11 N–H and O–H groups in total. The Hall–Kier alpha value is -3.46. The molecular formula is C26H33Cl2N11O2. The summed E-state index contributed by atoms with van der Waals surface area (Å²) in [6.07, 6.45) is 1.42. The highest BCUT2D eigenvalue weighted by molar-refractivity contribution is 6.40. The number of nitrogens with two attached hydrogens (primary N) is 4. The molecule has 0 radical (unpaired) electrons. The lowest BCUT2D eigenvalue weighted by molar-refractivity contribution is 0.102. The van der Waals surface area contributed by atoms with Gasteiger partial charge < -0.3 is 48.5 Å². The predicted octanol–water partition coefficient (Wildman–Crippen LogP) is 1.61. The van der Waals surface area contributed by atoms with Crippen LogP contribution in [0.15, 0.2) is 36.4 Å². The molecule has 2 aromatic carbocycles. The van der Waals surface area contributed by atoms with Crippen molar-refractivity contribution in [1.29, 1.82) is 0 Å². The molecule has 1 aromatic heterocycles. The van der Waals surface area contributed by atoms with Crippen LogP contribution in [-0.4, -0.2) is 76.3 Å². The van der Waals surface area contributed by atoms with Gasteiger partial charge in [0, 0.05) is 62.1 Å². The Morgan fingerprint density at radius 2 is 1.34 bits per heavy atom. The second kappa shape index (κ2) is 12.2. The monoisotopic (exact) mass is 601 g/mol. The summed E-state index contributed by atoms with van der Waals surface area (Å²) in [7, 11) is 0. The molecule has 2 saturated heterocycles. The average molecular weight is 603 g/mol. The van der Waals surface area contributed by atoms with Gasteiger partial charge in [-0.2, -0.15) is 15.0 Å². The summed E-state index contributed by atoms with van der Waals surface area (Å²) < 4.78 is 0. The van der Waals surface area contributed by atoms with Crippen LogP contribution in [0.4, 0.5) is 29.2 Å². The number of phenols is 1. The molecule has 41 heavy (non-hydrogen) atoms. The van der Waals surface area contributed by atoms with E-state index >= 15 is 0 Å². The summed E-state index contributed by atoms with van der Waals surface area (Å²) in [5.74, 6) is 0.326. The minimum absolute atomic E-state index is 0.108. The first-order valence-corrected chi connectivity index (χ1v) is 13.9. The first-order valence-electron chi connectivity index (χ1n) is 13.2. The van der Waals surface area contributed by atoms with Crippen LogP contribution in [0.3, 0.4) is 0 Å². The molecule has 3 heterocycles. The molecule has 0 saturated carbocycles. The number of halogens is 2. The third-order valence-electron chi connectivity index (χ3n) is 6.90. The molecular weight excluding hydrogens is 569 g/mol.